The summed E-state index contributed by atoms with van der Waals surface area (Å²) in [5.74, 6) is -0.0529. The quantitative estimate of drug-likeness (QED) is 0.764. The van der Waals surface area contributed by atoms with Gasteiger partial charge in [-0.25, -0.2) is 0 Å². The molecule has 1 N–H and O–H groups in total. The van der Waals surface area contributed by atoms with Gasteiger partial charge in [0, 0.05) is 17.0 Å². The summed E-state index contributed by atoms with van der Waals surface area (Å²) in [7, 11) is 0. The van der Waals surface area contributed by atoms with Gasteiger partial charge < -0.3 is 5.32 Å². The van der Waals surface area contributed by atoms with Gasteiger partial charge >= 0.3 is 0 Å². The first kappa shape index (κ1) is 18.0. The molecule has 0 saturated carbocycles. The maximum atomic E-state index is 12.5. The van der Waals surface area contributed by atoms with Gasteiger partial charge in [-0.2, -0.15) is 0 Å². The van der Waals surface area contributed by atoms with E-state index in [1.807, 2.05) is 42.7 Å². The Morgan fingerprint density at radius 1 is 1.00 bits per heavy atom. The van der Waals surface area contributed by atoms with E-state index >= 15 is 0 Å². The minimum Gasteiger partial charge on any atom is -0.321 e. The van der Waals surface area contributed by atoms with Gasteiger partial charge in [0.05, 0.1) is 5.69 Å². The molecule has 132 valence electrons. The fourth-order valence-electron chi connectivity index (χ4n) is 3.26. The standard InChI is InChI=1S/C21H26N2OS/c1-25-20-9-5-4-8-19(20)22-21(24)18-12-10-17(11-13-18)16-23-14-6-2-3-7-15-23/h4-5,8-13H,2-3,6-7,14-16H2,1H3,(H,22,24). The van der Waals surface area contributed by atoms with Crippen LogP contribution in [0.1, 0.15) is 41.6 Å². The molecule has 25 heavy (non-hydrogen) atoms. The van der Waals surface area contributed by atoms with E-state index in [4.69, 9.17) is 0 Å². The molecule has 2 aromatic rings. The molecule has 4 heteroatoms. The molecule has 1 aliphatic heterocycles. The zero-order valence-electron chi connectivity index (χ0n) is 14.8. The molecule has 0 unspecified atom stereocenters. The highest BCUT2D eigenvalue weighted by molar-refractivity contribution is 7.98. The third-order valence-electron chi connectivity index (χ3n) is 4.68. The van der Waals surface area contributed by atoms with Crippen molar-refractivity contribution in [3.05, 3.63) is 59.7 Å². The molecule has 1 heterocycles. The lowest BCUT2D eigenvalue weighted by atomic mass is 10.1. The number of likely N-dealkylation sites (tertiary alicyclic amines) is 1. The summed E-state index contributed by atoms with van der Waals surface area (Å²) in [6.07, 6.45) is 7.33. The van der Waals surface area contributed by atoms with Crippen molar-refractivity contribution in [3.63, 3.8) is 0 Å². The van der Waals surface area contributed by atoms with Gasteiger partial charge in [-0.1, -0.05) is 37.1 Å². The van der Waals surface area contributed by atoms with Crippen LogP contribution in [0.25, 0.3) is 0 Å². The first-order valence-electron chi connectivity index (χ1n) is 9.02. The average Bonchev–Trinajstić information content (AvgIpc) is 2.91. The molecule has 1 amide bonds. The van der Waals surface area contributed by atoms with Crippen LogP contribution in [0.4, 0.5) is 5.69 Å². The van der Waals surface area contributed by atoms with E-state index in [2.05, 4.69) is 22.3 Å². The predicted molar refractivity (Wildman–Crippen MR) is 106 cm³/mol. The van der Waals surface area contributed by atoms with Crippen LogP contribution in [0, 0.1) is 0 Å². The summed E-state index contributed by atoms with van der Waals surface area (Å²) in [6, 6.07) is 15.9. The monoisotopic (exact) mass is 354 g/mol. The van der Waals surface area contributed by atoms with Gasteiger partial charge in [-0.15, -0.1) is 11.8 Å². The van der Waals surface area contributed by atoms with E-state index in [-0.39, 0.29) is 5.91 Å². The lowest BCUT2D eigenvalue weighted by Crippen LogP contribution is -2.24. The molecule has 1 aliphatic rings. The minimum atomic E-state index is -0.0529. The predicted octanol–water partition coefficient (Wildman–Crippen LogP) is 5.04. The van der Waals surface area contributed by atoms with E-state index in [1.54, 1.807) is 11.8 Å². The molecule has 1 fully saturated rings. The van der Waals surface area contributed by atoms with Gasteiger partial charge in [0.15, 0.2) is 0 Å². The summed E-state index contributed by atoms with van der Waals surface area (Å²) in [5, 5.41) is 3.02. The van der Waals surface area contributed by atoms with Crippen LogP contribution in [-0.4, -0.2) is 30.2 Å². The smallest absolute Gasteiger partial charge is 0.255 e. The average molecular weight is 355 g/mol. The maximum absolute atomic E-state index is 12.5. The van der Waals surface area contributed by atoms with E-state index in [9.17, 15) is 4.79 Å². The number of thioether (sulfide) groups is 1. The number of nitrogens with zero attached hydrogens (tertiary/aromatic N) is 1. The number of carbonyl (C=O) groups is 1. The van der Waals surface area contributed by atoms with Crippen LogP contribution in [-0.2, 0) is 6.54 Å². The van der Waals surface area contributed by atoms with Crippen LogP contribution in [0.15, 0.2) is 53.4 Å². The van der Waals surface area contributed by atoms with E-state index in [1.165, 1.54) is 44.3 Å². The van der Waals surface area contributed by atoms with Crippen molar-refractivity contribution < 1.29 is 4.79 Å². The number of carbonyl (C=O) groups excluding carboxylic acids is 1. The molecule has 0 spiro atoms. The molecule has 3 rings (SSSR count). The second kappa shape index (κ2) is 9.07. The van der Waals surface area contributed by atoms with Crippen LogP contribution in [0.3, 0.4) is 0 Å². The number of hydrogen-bond acceptors (Lipinski definition) is 3. The molecular weight excluding hydrogens is 328 g/mol. The molecule has 0 radical (unpaired) electrons. The summed E-state index contributed by atoms with van der Waals surface area (Å²) in [6.45, 7) is 3.36. The van der Waals surface area contributed by atoms with Gasteiger partial charge in [0.2, 0.25) is 0 Å². The van der Waals surface area contributed by atoms with Crippen molar-refractivity contribution in [3.8, 4) is 0 Å². The van der Waals surface area contributed by atoms with Crippen molar-refractivity contribution in [1.82, 2.24) is 4.90 Å². The van der Waals surface area contributed by atoms with Crippen molar-refractivity contribution >= 4 is 23.4 Å². The Balaban J connectivity index is 1.62. The van der Waals surface area contributed by atoms with Crippen molar-refractivity contribution in [2.45, 2.75) is 37.1 Å². The van der Waals surface area contributed by atoms with Gasteiger partial charge in [-0.3, -0.25) is 9.69 Å². The minimum absolute atomic E-state index is 0.0529. The van der Waals surface area contributed by atoms with Crippen LogP contribution >= 0.6 is 11.8 Å². The zero-order chi connectivity index (χ0) is 17.5. The summed E-state index contributed by atoms with van der Waals surface area (Å²) >= 11 is 1.64. The largest absolute Gasteiger partial charge is 0.321 e. The number of rotatable bonds is 5. The SMILES string of the molecule is CSc1ccccc1NC(=O)c1ccc(CN2CCCCCC2)cc1. The van der Waals surface area contributed by atoms with E-state index < -0.39 is 0 Å². The maximum Gasteiger partial charge on any atom is 0.255 e. The third kappa shape index (κ3) is 5.10. The van der Waals surface area contributed by atoms with Gasteiger partial charge in [0.1, 0.15) is 0 Å². The van der Waals surface area contributed by atoms with Crippen molar-refractivity contribution in [2.75, 3.05) is 24.7 Å². The number of hydrogen-bond donors (Lipinski definition) is 1. The Hall–Kier alpha value is -1.78. The van der Waals surface area contributed by atoms with Gasteiger partial charge in [-0.05, 0) is 62.0 Å². The Morgan fingerprint density at radius 3 is 2.36 bits per heavy atom. The van der Waals surface area contributed by atoms with Crippen molar-refractivity contribution in [1.29, 1.82) is 0 Å². The highest BCUT2D eigenvalue weighted by Crippen LogP contribution is 2.25. The lowest BCUT2D eigenvalue weighted by molar-refractivity contribution is 0.102. The third-order valence-corrected chi connectivity index (χ3v) is 5.47. The fourth-order valence-corrected chi connectivity index (χ4v) is 3.81. The second-order valence-corrected chi connectivity index (χ2v) is 7.39. The number of anilines is 1. The molecule has 0 atom stereocenters. The van der Waals surface area contributed by atoms with Gasteiger partial charge in [0.25, 0.3) is 5.91 Å². The second-order valence-electron chi connectivity index (χ2n) is 6.54. The van der Waals surface area contributed by atoms with Crippen LogP contribution in [0.5, 0.6) is 0 Å². The van der Waals surface area contributed by atoms with Crippen LogP contribution in [0.2, 0.25) is 0 Å². The fraction of sp³-hybridized carbons (Fsp3) is 0.381. The Kier molecular flexibility index (Phi) is 6.54. The zero-order valence-corrected chi connectivity index (χ0v) is 15.6. The molecule has 3 nitrogen and oxygen atoms in total. The van der Waals surface area contributed by atoms with E-state index in [0.717, 1.165) is 17.1 Å². The Bertz CT molecular complexity index is 691. The first-order chi connectivity index (χ1) is 12.3. The molecule has 0 aliphatic carbocycles. The lowest BCUT2D eigenvalue weighted by Gasteiger charge is -2.19. The molecule has 0 bridgehead atoms. The highest BCUT2D eigenvalue weighted by Gasteiger charge is 2.11. The number of amides is 1. The molecular formula is C21H26N2OS. The van der Waals surface area contributed by atoms with Crippen LogP contribution < -0.4 is 5.32 Å². The number of para-hydroxylation sites is 1. The summed E-state index contributed by atoms with van der Waals surface area (Å²) in [5.41, 5.74) is 2.85. The first-order valence-corrected chi connectivity index (χ1v) is 10.2. The number of benzene rings is 2. The summed E-state index contributed by atoms with van der Waals surface area (Å²) < 4.78 is 0. The van der Waals surface area contributed by atoms with E-state index in [0.29, 0.717) is 5.56 Å². The topological polar surface area (TPSA) is 32.3 Å². The number of nitrogens with one attached hydrogen (secondary N) is 1. The highest BCUT2D eigenvalue weighted by atomic mass is 32.2. The molecule has 2 aromatic carbocycles. The molecule has 0 aromatic heterocycles. The summed E-state index contributed by atoms with van der Waals surface area (Å²) in [4.78, 5) is 16.1. The Morgan fingerprint density at radius 2 is 1.68 bits per heavy atom. The van der Waals surface area contributed by atoms with Crippen molar-refractivity contribution in [2.24, 2.45) is 0 Å². The normalized spacial score (nSPS) is 15.6. The molecule has 1 saturated heterocycles. The Labute approximate surface area is 154 Å².